The summed E-state index contributed by atoms with van der Waals surface area (Å²) in [6.07, 6.45) is 24.7. The van der Waals surface area contributed by atoms with E-state index < -0.39 is 0 Å². The van der Waals surface area contributed by atoms with Crippen LogP contribution in [-0.2, 0) is 0 Å². The van der Waals surface area contributed by atoms with Crippen molar-refractivity contribution in [1.82, 2.24) is 0 Å². The van der Waals surface area contributed by atoms with Gasteiger partial charge in [0.1, 0.15) is 0 Å². The molecule has 0 aliphatic carbocycles. The van der Waals surface area contributed by atoms with Crippen LogP contribution in [-0.4, -0.2) is 32.7 Å². The number of para-hydroxylation sites is 2. The van der Waals surface area contributed by atoms with Crippen LogP contribution in [0.25, 0.3) is 44.5 Å². The summed E-state index contributed by atoms with van der Waals surface area (Å²) in [5, 5.41) is 0. The second-order valence-corrected chi connectivity index (χ2v) is 33.4. The van der Waals surface area contributed by atoms with E-state index in [2.05, 4.69) is 253 Å². The van der Waals surface area contributed by atoms with Crippen molar-refractivity contribution < 1.29 is 0 Å². The Hall–Kier alpha value is -7.05. The van der Waals surface area contributed by atoms with Gasteiger partial charge < -0.3 is 24.5 Å². The van der Waals surface area contributed by atoms with Gasteiger partial charge in [0.25, 0.3) is 0 Å². The van der Waals surface area contributed by atoms with E-state index in [9.17, 15) is 0 Å². The van der Waals surface area contributed by atoms with Gasteiger partial charge in [-0.15, -0.1) is 0 Å². The van der Waals surface area contributed by atoms with Crippen LogP contribution in [0.5, 0.6) is 0 Å². The molecule has 10 aromatic carbocycles. The fourth-order valence-corrected chi connectivity index (χ4v) is 21.2. The van der Waals surface area contributed by atoms with Crippen molar-refractivity contribution in [2.24, 2.45) is 0 Å². The van der Waals surface area contributed by atoms with E-state index in [4.69, 9.17) is 0 Å². The molecule has 5 heterocycles. The van der Waals surface area contributed by atoms with Gasteiger partial charge in [0.2, 0.25) is 0 Å². The smallest absolute Gasteiger partial charge is 0.0553 e. The van der Waals surface area contributed by atoms with E-state index in [1.807, 2.05) is 58.8 Å². The summed E-state index contributed by atoms with van der Waals surface area (Å²) < 4.78 is 0. The van der Waals surface area contributed by atoms with Crippen molar-refractivity contribution >= 4 is 116 Å². The van der Waals surface area contributed by atoms with Crippen LogP contribution in [0.3, 0.4) is 0 Å². The van der Waals surface area contributed by atoms with Gasteiger partial charge in [0.05, 0.1) is 56.9 Å². The molecule has 5 aliphatic heterocycles. The Kier molecular flexibility index (Phi) is 22.0. The quantitative estimate of drug-likeness (QED) is 0.0420. The highest BCUT2D eigenvalue weighted by molar-refractivity contribution is 8.00. The average molecular weight is 1410 g/mol. The minimum absolute atomic E-state index is 1.00. The topological polar surface area (TPSA) is 16.2 Å². The highest BCUT2D eigenvalue weighted by Crippen LogP contribution is 2.57. The van der Waals surface area contributed by atoms with Gasteiger partial charge in [-0.2, -0.15) is 0 Å². The zero-order chi connectivity index (χ0) is 67.9. The van der Waals surface area contributed by atoms with Crippen LogP contribution in [0, 0.1) is 0 Å². The highest BCUT2D eigenvalue weighted by atomic mass is 32.2. The first-order chi connectivity index (χ1) is 49.4. The summed E-state index contributed by atoms with van der Waals surface area (Å²) >= 11 is 9.71. The van der Waals surface area contributed by atoms with E-state index in [0.717, 1.165) is 39.1 Å². The zero-order valence-electron chi connectivity index (χ0n) is 59.4. The van der Waals surface area contributed by atoms with Crippen LogP contribution in [0.2, 0.25) is 0 Å². The summed E-state index contributed by atoms with van der Waals surface area (Å²) in [4.78, 5) is 26.4. The van der Waals surface area contributed by atoms with Crippen LogP contribution in [0.15, 0.2) is 243 Å². The fraction of sp³-hybridized carbons (Fsp3) is 0.333. The lowest BCUT2D eigenvalue weighted by atomic mass is 10.0. The maximum absolute atomic E-state index is 2.64. The first-order valence-electron chi connectivity index (χ1n) is 38.0. The van der Waals surface area contributed by atoms with Gasteiger partial charge in [-0.3, -0.25) is 0 Å². The van der Waals surface area contributed by atoms with Gasteiger partial charge in [-0.1, -0.05) is 263 Å². The SMILES string of the molecule is CCCCCCN1c2ccccc2Sc2cc(-c3ccc4c(c3)Sc3cc(-c5ccc6c(c5)Sc5cc(-c7ccc8c(c7)Sc7cc(-c9ccc%10c(c9)Sc9ccccc9N%10CCCCCC)ccc7N8CCCCCC)ccc5N6CCCCCC)ccc3N4CCCCCC)ccc21. The lowest BCUT2D eigenvalue weighted by Gasteiger charge is -2.35. The molecule has 0 spiro atoms. The Morgan fingerprint density at radius 3 is 0.540 bits per heavy atom. The van der Waals surface area contributed by atoms with Crippen LogP contribution in [0.1, 0.15) is 163 Å². The predicted octanol–water partition coefficient (Wildman–Crippen LogP) is 29.3. The highest BCUT2D eigenvalue weighted by Gasteiger charge is 2.31. The maximum Gasteiger partial charge on any atom is 0.0553 e. The van der Waals surface area contributed by atoms with Gasteiger partial charge in [-0.25, -0.2) is 0 Å². The maximum atomic E-state index is 2.64. The minimum Gasteiger partial charge on any atom is -0.340 e. The Morgan fingerprint density at radius 1 is 0.180 bits per heavy atom. The normalized spacial score (nSPS) is 13.8. The van der Waals surface area contributed by atoms with Gasteiger partial charge in [0, 0.05) is 81.7 Å². The van der Waals surface area contributed by atoms with E-state index in [-0.39, 0.29) is 0 Å². The Morgan fingerprint density at radius 2 is 0.350 bits per heavy atom. The number of anilines is 10. The molecule has 0 saturated carbocycles. The van der Waals surface area contributed by atoms with Gasteiger partial charge in [-0.05, 0) is 198 Å². The van der Waals surface area contributed by atoms with Crippen molar-refractivity contribution in [2.75, 3.05) is 57.2 Å². The molecule has 0 atom stereocenters. The number of unbranched alkanes of at least 4 members (excludes halogenated alkanes) is 15. The fourth-order valence-electron chi connectivity index (χ4n) is 15.4. The number of hydrogen-bond acceptors (Lipinski definition) is 10. The molecular formula is C90H97N5S5. The number of nitrogens with zero attached hydrogens (tertiary/aromatic N) is 5. The van der Waals surface area contributed by atoms with E-state index in [1.54, 1.807) is 0 Å². The van der Waals surface area contributed by atoms with E-state index in [0.29, 0.717) is 0 Å². The van der Waals surface area contributed by atoms with Crippen LogP contribution in [0.4, 0.5) is 56.9 Å². The first-order valence-corrected chi connectivity index (χ1v) is 42.0. The van der Waals surface area contributed by atoms with E-state index >= 15 is 0 Å². The molecule has 0 amide bonds. The lowest BCUT2D eigenvalue weighted by molar-refractivity contribution is 0.665. The van der Waals surface area contributed by atoms with Crippen LogP contribution >= 0.6 is 58.8 Å². The summed E-state index contributed by atoms with van der Waals surface area (Å²) in [5.41, 5.74) is 23.5. The third kappa shape index (κ3) is 14.5. The summed E-state index contributed by atoms with van der Waals surface area (Å²) in [6.45, 7) is 16.7. The van der Waals surface area contributed by atoms with Crippen molar-refractivity contribution in [3.05, 3.63) is 194 Å². The zero-order valence-corrected chi connectivity index (χ0v) is 63.5. The molecule has 5 nitrogen and oxygen atoms in total. The molecule has 0 unspecified atom stereocenters. The Labute approximate surface area is 618 Å². The Balaban J connectivity index is 0.715. The summed E-state index contributed by atoms with van der Waals surface area (Å²) in [5.74, 6) is 0. The molecule has 100 heavy (non-hydrogen) atoms. The number of rotatable bonds is 29. The first kappa shape index (κ1) is 68.7. The minimum atomic E-state index is 1.00. The van der Waals surface area contributed by atoms with Crippen molar-refractivity contribution in [1.29, 1.82) is 0 Å². The standard InChI is InChI=1S/C90H97N5S5/c1-6-11-16-25-50-91-71-30-21-23-32-81(71)96-83-55-63(34-42-73(83)91)65-36-44-75-85(57-65)98-87-59-67(38-46-77(87)93(75)52-27-18-13-8-3)69-40-48-79-89(61-69)100-90-62-70(41-49-80(90)95(79)54-29-20-15-10-5)68-39-47-78-88(60-68)99-86-58-66(37-45-76(86)94(78)53-28-19-14-9-4)64-35-43-74-84(56-64)97-82-33-24-22-31-72(82)92(74)51-26-17-12-7-2/h21-24,30-49,55-62H,6-20,25-29,50-54H2,1-5H3. The predicted molar refractivity (Wildman–Crippen MR) is 437 cm³/mol. The summed E-state index contributed by atoms with van der Waals surface area (Å²) in [6, 6.07) is 76.3. The van der Waals surface area contributed by atoms with Crippen molar-refractivity contribution in [3.63, 3.8) is 0 Å². The molecular weight excluding hydrogens is 1310 g/mol. The molecule has 10 heteroatoms. The lowest BCUT2D eigenvalue weighted by Crippen LogP contribution is -2.22. The van der Waals surface area contributed by atoms with E-state index in [1.165, 1.54) is 272 Å². The molecule has 0 radical (unpaired) electrons. The Bertz CT molecular complexity index is 4280. The molecule has 0 aromatic heterocycles. The molecule has 15 rings (SSSR count). The van der Waals surface area contributed by atoms with Crippen molar-refractivity contribution in [2.45, 2.75) is 212 Å². The molecule has 0 fully saturated rings. The molecule has 512 valence electrons. The third-order valence-electron chi connectivity index (χ3n) is 20.9. The number of hydrogen-bond donors (Lipinski definition) is 0. The molecule has 0 saturated heterocycles. The average Bonchev–Trinajstić information content (AvgIpc) is 0.763. The molecule has 0 bridgehead atoms. The summed E-state index contributed by atoms with van der Waals surface area (Å²) in [7, 11) is 0. The second-order valence-electron chi connectivity index (χ2n) is 28.0. The second kappa shape index (κ2) is 32.1. The molecule has 10 aromatic rings. The molecule has 0 N–H and O–H groups in total. The number of benzene rings is 10. The van der Waals surface area contributed by atoms with Gasteiger partial charge in [0.15, 0.2) is 0 Å². The largest absolute Gasteiger partial charge is 0.340 e. The third-order valence-corrected chi connectivity index (χ3v) is 26.4. The monoisotopic (exact) mass is 1410 g/mol. The van der Waals surface area contributed by atoms with Crippen molar-refractivity contribution in [3.8, 4) is 44.5 Å². The van der Waals surface area contributed by atoms with Gasteiger partial charge >= 0.3 is 0 Å². The van der Waals surface area contributed by atoms with Crippen LogP contribution < -0.4 is 24.5 Å². The molecule has 5 aliphatic rings. The number of fused-ring (bicyclic) bond motifs is 10.